The molecule has 0 spiro atoms. The highest BCUT2D eigenvalue weighted by Gasteiger charge is 2.12. The maximum Gasteiger partial charge on any atom is 0.338 e. The van der Waals surface area contributed by atoms with Crippen LogP contribution < -0.4 is 4.74 Å². The third-order valence-electron chi connectivity index (χ3n) is 4.49. The number of nitrogens with zero attached hydrogens (tertiary/aromatic N) is 2. The van der Waals surface area contributed by atoms with Gasteiger partial charge in [0.05, 0.1) is 19.3 Å². The molecule has 0 atom stereocenters. The zero-order valence-electron chi connectivity index (χ0n) is 15.5. The molecule has 0 fully saturated rings. The zero-order chi connectivity index (χ0) is 19.5. The Labute approximate surface area is 161 Å². The molecule has 1 aromatic heterocycles. The molecule has 28 heavy (non-hydrogen) atoms. The molecule has 0 saturated carbocycles. The van der Waals surface area contributed by atoms with Gasteiger partial charge in [0.2, 0.25) is 0 Å². The van der Waals surface area contributed by atoms with Gasteiger partial charge in [0.1, 0.15) is 16.8 Å². The summed E-state index contributed by atoms with van der Waals surface area (Å²) in [5, 5.41) is 7.75. The lowest BCUT2D eigenvalue weighted by Crippen LogP contribution is -2.03. The van der Waals surface area contributed by atoms with Crippen molar-refractivity contribution in [1.29, 1.82) is 0 Å². The van der Waals surface area contributed by atoms with Crippen molar-refractivity contribution in [2.45, 2.75) is 6.92 Å². The van der Waals surface area contributed by atoms with Crippen molar-refractivity contribution in [3.8, 4) is 28.0 Å². The minimum atomic E-state index is -0.320. The first kappa shape index (κ1) is 17.7. The summed E-state index contributed by atoms with van der Waals surface area (Å²) in [5.41, 5.74) is 5.79. The van der Waals surface area contributed by atoms with E-state index in [1.165, 1.54) is 0 Å². The van der Waals surface area contributed by atoms with Crippen LogP contribution in [-0.4, -0.2) is 30.0 Å². The van der Waals surface area contributed by atoms with Gasteiger partial charge in [-0.1, -0.05) is 24.3 Å². The van der Waals surface area contributed by atoms with Gasteiger partial charge in [0.25, 0.3) is 0 Å². The molecule has 4 rings (SSSR count). The number of aromatic nitrogens is 2. The number of hydrogen-bond acceptors (Lipinski definition) is 6. The quantitative estimate of drug-likeness (QED) is 0.470. The Balaban J connectivity index is 1.73. The normalized spacial score (nSPS) is 10.8. The molecule has 6 heteroatoms. The van der Waals surface area contributed by atoms with Gasteiger partial charge in [-0.05, 0) is 70.3 Å². The van der Waals surface area contributed by atoms with Crippen molar-refractivity contribution in [1.82, 2.24) is 10.3 Å². The Hall–Kier alpha value is -3.67. The second kappa shape index (κ2) is 7.52. The highest BCUT2D eigenvalue weighted by atomic mass is 16.6. The average Bonchev–Trinajstić information content (AvgIpc) is 3.21. The number of benzene rings is 3. The van der Waals surface area contributed by atoms with Crippen LogP contribution in [0.15, 0.2) is 65.3 Å². The number of rotatable bonds is 5. The predicted octanol–water partition coefficient (Wildman–Crippen LogP) is 4.74. The van der Waals surface area contributed by atoms with Gasteiger partial charge in [-0.25, -0.2) is 9.42 Å². The van der Waals surface area contributed by atoms with Gasteiger partial charge >= 0.3 is 5.97 Å². The molecule has 3 aromatic carbocycles. The van der Waals surface area contributed by atoms with Crippen LogP contribution in [-0.2, 0) is 4.74 Å². The molecule has 0 unspecified atom stereocenters. The number of methoxy groups -OCH3 is 1. The number of esters is 1. The maximum atomic E-state index is 11.8. The van der Waals surface area contributed by atoms with E-state index in [1.54, 1.807) is 26.2 Å². The van der Waals surface area contributed by atoms with E-state index in [2.05, 4.69) is 10.3 Å². The smallest absolute Gasteiger partial charge is 0.338 e. The molecule has 6 nitrogen and oxygen atoms in total. The van der Waals surface area contributed by atoms with E-state index in [-0.39, 0.29) is 5.97 Å². The van der Waals surface area contributed by atoms with E-state index >= 15 is 0 Å². The summed E-state index contributed by atoms with van der Waals surface area (Å²) in [4.78, 5) is 11.8. The second-order valence-electron chi connectivity index (χ2n) is 6.18. The maximum absolute atomic E-state index is 11.8. The molecule has 0 radical (unpaired) electrons. The lowest BCUT2D eigenvalue weighted by Gasteiger charge is -2.12. The van der Waals surface area contributed by atoms with Crippen LogP contribution in [0.25, 0.3) is 33.3 Å². The Kier molecular flexibility index (Phi) is 4.76. The minimum Gasteiger partial charge on any atom is -0.496 e. The van der Waals surface area contributed by atoms with Gasteiger partial charge in [0.15, 0.2) is 0 Å². The van der Waals surface area contributed by atoms with Crippen molar-refractivity contribution in [2.75, 3.05) is 13.7 Å². The summed E-state index contributed by atoms with van der Waals surface area (Å²) in [5.74, 6) is 0.432. The molecular formula is C22H18N2O4. The van der Waals surface area contributed by atoms with Crippen molar-refractivity contribution in [3.63, 3.8) is 0 Å². The first-order valence-electron chi connectivity index (χ1n) is 8.88. The highest BCUT2D eigenvalue weighted by Crippen LogP contribution is 2.35. The van der Waals surface area contributed by atoms with Crippen molar-refractivity contribution in [2.24, 2.45) is 0 Å². The van der Waals surface area contributed by atoms with Gasteiger partial charge < -0.3 is 9.47 Å². The van der Waals surface area contributed by atoms with E-state index in [1.807, 2.05) is 48.5 Å². The van der Waals surface area contributed by atoms with Crippen LogP contribution in [0.3, 0.4) is 0 Å². The van der Waals surface area contributed by atoms with Crippen LogP contribution in [0, 0.1) is 0 Å². The second-order valence-corrected chi connectivity index (χ2v) is 6.18. The average molecular weight is 374 g/mol. The summed E-state index contributed by atoms with van der Waals surface area (Å²) in [6.45, 7) is 2.14. The zero-order valence-corrected chi connectivity index (χ0v) is 15.5. The molecule has 4 aromatic rings. The van der Waals surface area contributed by atoms with E-state index in [0.29, 0.717) is 23.2 Å². The topological polar surface area (TPSA) is 74.5 Å². The number of hydrogen-bond donors (Lipinski definition) is 0. The molecule has 140 valence electrons. The standard InChI is InChI=1S/C22H18N2O4/c1-3-27-22(25)15-6-4-14(5-7-15)16-9-11-21(26-2)18(12-16)17-8-10-19-20(13-17)24-28-23-19/h4-13H,3H2,1-2H3. The highest BCUT2D eigenvalue weighted by molar-refractivity contribution is 5.90. The lowest BCUT2D eigenvalue weighted by atomic mass is 9.97. The molecular weight excluding hydrogens is 356 g/mol. The number of fused-ring (bicyclic) bond motifs is 1. The molecule has 0 bridgehead atoms. The molecule has 0 amide bonds. The SMILES string of the molecule is CCOC(=O)c1ccc(-c2ccc(OC)c(-c3ccc4nonc4c3)c2)cc1. The van der Waals surface area contributed by atoms with Gasteiger partial charge in [0, 0.05) is 5.56 Å². The van der Waals surface area contributed by atoms with Crippen molar-refractivity contribution >= 4 is 17.0 Å². The van der Waals surface area contributed by atoms with Crippen molar-refractivity contribution < 1.29 is 18.9 Å². The fourth-order valence-electron chi connectivity index (χ4n) is 3.08. The minimum absolute atomic E-state index is 0.320. The molecule has 0 aliphatic heterocycles. The summed E-state index contributed by atoms with van der Waals surface area (Å²) in [7, 11) is 1.64. The van der Waals surface area contributed by atoms with Crippen molar-refractivity contribution in [3.05, 3.63) is 66.2 Å². The van der Waals surface area contributed by atoms with Gasteiger partial charge in [-0.2, -0.15) is 0 Å². The number of carbonyl (C=O) groups is 1. The van der Waals surface area contributed by atoms with Crippen LogP contribution in [0.4, 0.5) is 0 Å². The third-order valence-corrected chi connectivity index (χ3v) is 4.49. The third kappa shape index (κ3) is 3.32. The Morgan fingerprint density at radius 2 is 1.61 bits per heavy atom. The Morgan fingerprint density at radius 3 is 2.36 bits per heavy atom. The van der Waals surface area contributed by atoms with E-state index in [4.69, 9.17) is 14.1 Å². The fraction of sp³-hybridized carbons (Fsp3) is 0.136. The largest absolute Gasteiger partial charge is 0.496 e. The van der Waals surface area contributed by atoms with Gasteiger partial charge in [-0.15, -0.1) is 0 Å². The molecule has 0 aliphatic carbocycles. The lowest BCUT2D eigenvalue weighted by molar-refractivity contribution is 0.0526. The van der Waals surface area contributed by atoms with E-state index in [0.717, 1.165) is 28.0 Å². The Morgan fingerprint density at radius 1 is 0.893 bits per heavy atom. The fourth-order valence-corrected chi connectivity index (χ4v) is 3.08. The molecule has 0 aliphatic rings. The Bertz CT molecular complexity index is 1130. The monoisotopic (exact) mass is 374 g/mol. The molecule has 0 saturated heterocycles. The number of carbonyl (C=O) groups excluding carboxylic acids is 1. The summed E-state index contributed by atoms with van der Waals surface area (Å²) in [6, 6.07) is 19.0. The van der Waals surface area contributed by atoms with Crippen LogP contribution in [0.2, 0.25) is 0 Å². The number of ether oxygens (including phenoxy) is 2. The predicted molar refractivity (Wildman–Crippen MR) is 105 cm³/mol. The molecule has 1 heterocycles. The van der Waals surface area contributed by atoms with E-state index in [9.17, 15) is 4.79 Å². The van der Waals surface area contributed by atoms with E-state index < -0.39 is 0 Å². The van der Waals surface area contributed by atoms with Crippen LogP contribution in [0.5, 0.6) is 5.75 Å². The van der Waals surface area contributed by atoms with Crippen LogP contribution in [0.1, 0.15) is 17.3 Å². The van der Waals surface area contributed by atoms with Crippen LogP contribution >= 0.6 is 0 Å². The first-order chi connectivity index (χ1) is 13.7. The first-order valence-corrected chi connectivity index (χ1v) is 8.88. The van der Waals surface area contributed by atoms with Gasteiger partial charge in [-0.3, -0.25) is 0 Å². The summed E-state index contributed by atoms with van der Waals surface area (Å²) in [6.07, 6.45) is 0. The summed E-state index contributed by atoms with van der Waals surface area (Å²) >= 11 is 0. The summed E-state index contributed by atoms with van der Waals surface area (Å²) < 4.78 is 15.4. The molecule has 0 N–H and O–H groups in total.